The zero-order valence-corrected chi connectivity index (χ0v) is 14.0. The monoisotopic (exact) mass is 337 g/mol. The molecule has 0 N–H and O–H groups in total. The number of benzene rings is 1. The van der Waals surface area contributed by atoms with E-state index < -0.39 is 0 Å². The van der Waals surface area contributed by atoms with E-state index in [0.717, 1.165) is 22.6 Å². The summed E-state index contributed by atoms with van der Waals surface area (Å²) in [5.74, 6) is 0.900. The lowest BCUT2D eigenvalue weighted by Crippen LogP contribution is -2.44. The number of fused-ring (bicyclic) bond motifs is 1. The fourth-order valence-electron chi connectivity index (χ4n) is 3.16. The number of imidazole rings is 1. The fraction of sp³-hybridized carbons (Fsp3) is 0.333. The Morgan fingerprint density at radius 1 is 1.32 bits per heavy atom. The van der Waals surface area contributed by atoms with Gasteiger partial charge >= 0.3 is 0 Å². The molecule has 1 atom stereocenters. The number of aryl methyl sites for hydroxylation is 1. The van der Waals surface area contributed by atoms with Crippen LogP contribution in [0.15, 0.2) is 42.9 Å². The van der Waals surface area contributed by atoms with Crippen molar-refractivity contribution < 1.29 is 9.53 Å². The Labute approximate surface area is 145 Å². The third-order valence-electron chi connectivity index (χ3n) is 4.47. The molecule has 128 valence electrons. The van der Waals surface area contributed by atoms with Crippen LogP contribution < -0.4 is 0 Å². The average molecular weight is 337 g/mol. The zero-order chi connectivity index (χ0) is 17.2. The third kappa shape index (κ3) is 3.10. The minimum Gasteiger partial charge on any atom is -0.368 e. The average Bonchev–Trinajstić information content (AvgIpc) is 2.98. The van der Waals surface area contributed by atoms with Crippen LogP contribution in [0, 0.1) is 6.92 Å². The van der Waals surface area contributed by atoms with Gasteiger partial charge in [-0.2, -0.15) is 0 Å². The van der Waals surface area contributed by atoms with Gasteiger partial charge in [0.2, 0.25) is 5.91 Å². The Kier molecular flexibility index (Phi) is 4.15. The Morgan fingerprint density at radius 2 is 2.20 bits per heavy atom. The van der Waals surface area contributed by atoms with Crippen molar-refractivity contribution in [2.75, 3.05) is 19.7 Å². The molecule has 0 aliphatic carbocycles. The van der Waals surface area contributed by atoms with Crippen molar-refractivity contribution in [2.45, 2.75) is 19.6 Å². The second-order valence-corrected chi connectivity index (χ2v) is 6.06. The van der Waals surface area contributed by atoms with Crippen LogP contribution in [0.5, 0.6) is 0 Å². The number of carbonyl (C=O) groups is 1. The molecule has 1 aliphatic rings. The van der Waals surface area contributed by atoms with Gasteiger partial charge in [0.05, 0.1) is 36.1 Å². The van der Waals surface area contributed by atoms with Crippen molar-refractivity contribution in [1.82, 2.24) is 24.4 Å². The number of nitrogens with zero attached hydrogens (tertiary/aromatic N) is 5. The molecule has 3 aromatic rings. The predicted octanol–water partition coefficient (Wildman–Crippen LogP) is 1.73. The van der Waals surface area contributed by atoms with Gasteiger partial charge in [0.15, 0.2) is 0 Å². The highest BCUT2D eigenvalue weighted by molar-refractivity contribution is 5.81. The summed E-state index contributed by atoms with van der Waals surface area (Å²) in [5, 5.41) is 0. The smallest absolute Gasteiger partial charge is 0.242 e. The second kappa shape index (κ2) is 6.60. The molecule has 1 amide bonds. The highest BCUT2D eigenvalue weighted by Crippen LogP contribution is 2.21. The number of rotatable bonds is 3. The molecular weight excluding hydrogens is 318 g/mol. The van der Waals surface area contributed by atoms with Crippen LogP contribution in [0.25, 0.3) is 11.0 Å². The molecule has 0 saturated carbocycles. The summed E-state index contributed by atoms with van der Waals surface area (Å²) in [6, 6.07) is 7.87. The molecule has 1 aromatic carbocycles. The van der Waals surface area contributed by atoms with Gasteiger partial charge < -0.3 is 14.2 Å². The van der Waals surface area contributed by atoms with Crippen LogP contribution in [0.1, 0.15) is 17.6 Å². The molecule has 7 nitrogen and oxygen atoms in total. The Balaban J connectivity index is 1.51. The number of ether oxygens (including phenoxy) is 1. The van der Waals surface area contributed by atoms with Crippen molar-refractivity contribution in [3.63, 3.8) is 0 Å². The van der Waals surface area contributed by atoms with Crippen LogP contribution in [0.4, 0.5) is 0 Å². The molecule has 1 aliphatic heterocycles. The summed E-state index contributed by atoms with van der Waals surface area (Å²) in [7, 11) is 0. The van der Waals surface area contributed by atoms with Crippen LogP contribution >= 0.6 is 0 Å². The van der Waals surface area contributed by atoms with E-state index in [2.05, 4.69) is 15.0 Å². The molecule has 25 heavy (non-hydrogen) atoms. The van der Waals surface area contributed by atoms with E-state index in [1.165, 1.54) is 0 Å². The number of carbonyl (C=O) groups excluding carboxylic acids is 1. The predicted molar refractivity (Wildman–Crippen MR) is 91.8 cm³/mol. The topological polar surface area (TPSA) is 73.1 Å². The number of para-hydroxylation sites is 2. The van der Waals surface area contributed by atoms with Gasteiger partial charge in [-0.25, -0.2) is 4.98 Å². The first-order chi connectivity index (χ1) is 12.2. The minimum atomic E-state index is -0.230. The summed E-state index contributed by atoms with van der Waals surface area (Å²) >= 11 is 0. The van der Waals surface area contributed by atoms with Gasteiger partial charge in [0, 0.05) is 18.9 Å². The van der Waals surface area contributed by atoms with Crippen molar-refractivity contribution in [2.24, 2.45) is 0 Å². The lowest BCUT2D eigenvalue weighted by Gasteiger charge is -2.32. The summed E-state index contributed by atoms with van der Waals surface area (Å²) in [4.78, 5) is 27.5. The van der Waals surface area contributed by atoms with E-state index in [1.807, 2.05) is 40.7 Å². The maximum atomic E-state index is 12.8. The number of hydrogen-bond donors (Lipinski definition) is 0. The lowest BCUT2D eigenvalue weighted by atomic mass is 10.2. The molecule has 7 heteroatoms. The molecule has 2 aromatic heterocycles. The van der Waals surface area contributed by atoms with Crippen LogP contribution in [0.2, 0.25) is 0 Å². The molecule has 0 radical (unpaired) electrons. The third-order valence-corrected chi connectivity index (χ3v) is 4.47. The number of amides is 1. The van der Waals surface area contributed by atoms with Crippen molar-refractivity contribution >= 4 is 16.9 Å². The van der Waals surface area contributed by atoms with Crippen LogP contribution in [-0.2, 0) is 16.1 Å². The standard InChI is InChI=1S/C18H19N5O2/c1-13-21-14-4-2-3-5-16(14)23(13)12-18(24)22-8-9-25-17(11-22)15-10-19-6-7-20-15/h2-7,10,17H,8-9,11-12H2,1H3/t17-/m1/s1. The Hall–Kier alpha value is -2.80. The minimum absolute atomic E-state index is 0.0587. The molecule has 0 bridgehead atoms. The van der Waals surface area contributed by atoms with E-state index in [4.69, 9.17) is 4.74 Å². The van der Waals surface area contributed by atoms with Crippen molar-refractivity contribution in [3.8, 4) is 0 Å². The maximum absolute atomic E-state index is 12.8. The highest BCUT2D eigenvalue weighted by atomic mass is 16.5. The SMILES string of the molecule is Cc1nc2ccccc2n1CC(=O)N1CCO[C@@H](c2cnccn2)C1. The summed E-state index contributed by atoms with van der Waals surface area (Å²) in [5.41, 5.74) is 2.64. The summed E-state index contributed by atoms with van der Waals surface area (Å²) in [6.07, 6.45) is 4.72. The van der Waals surface area contributed by atoms with Crippen LogP contribution in [0.3, 0.4) is 0 Å². The first-order valence-corrected chi connectivity index (χ1v) is 8.29. The number of hydrogen-bond acceptors (Lipinski definition) is 5. The van der Waals surface area contributed by atoms with Gasteiger partial charge in [-0.15, -0.1) is 0 Å². The fourth-order valence-corrected chi connectivity index (χ4v) is 3.16. The van der Waals surface area contributed by atoms with E-state index in [1.54, 1.807) is 18.6 Å². The van der Waals surface area contributed by atoms with Gasteiger partial charge in [-0.1, -0.05) is 12.1 Å². The van der Waals surface area contributed by atoms with Crippen LogP contribution in [-0.4, -0.2) is 50.0 Å². The first-order valence-electron chi connectivity index (χ1n) is 8.29. The normalized spacial score (nSPS) is 17.8. The molecule has 1 saturated heterocycles. The van der Waals surface area contributed by atoms with E-state index >= 15 is 0 Å². The summed E-state index contributed by atoms with van der Waals surface area (Å²) in [6.45, 7) is 3.77. The molecule has 4 rings (SSSR count). The van der Waals surface area contributed by atoms with Crippen molar-refractivity contribution in [3.05, 3.63) is 54.4 Å². The zero-order valence-electron chi connectivity index (χ0n) is 14.0. The summed E-state index contributed by atoms with van der Waals surface area (Å²) < 4.78 is 7.72. The molecule has 0 spiro atoms. The second-order valence-electron chi connectivity index (χ2n) is 6.06. The maximum Gasteiger partial charge on any atom is 0.242 e. The van der Waals surface area contributed by atoms with E-state index in [9.17, 15) is 4.79 Å². The number of aromatic nitrogens is 4. The quantitative estimate of drug-likeness (QED) is 0.728. The lowest BCUT2D eigenvalue weighted by molar-refractivity contribution is -0.139. The van der Waals surface area contributed by atoms with E-state index in [0.29, 0.717) is 19.7 Å². The molecular formula is C18H19N5O2. The Morgan fingerprint density at radius 3 is 3.04 bits per heavy atom. The highest BCUT2D eigenvalue weighted by Gasteiger charge is 2.27. The Bertz CT molecular complexity index is 893. The number of morpholine rings is 1. The molecule has 1 fully saturated rings. The van der Waals surface area contributed by atoms with Gasteiger partial charge in [0.1, 0.15) is 18.5 Å². The van der Waals surface area contributed by atoms with E-state index in [-0.39, 0.29) is 18.6 Å². The van der Waals surface area contributed by atoms with Gasteiger partial charge in [0.25, 0.3) is 0 Å². The van der Waals surface area contributed by atoms with Gasteiger partial charge in [-0.05, 0) is 19.1 Å². The largest absolute Gasteiger partial charge is 0.368 e. The van der Waals surface area contributed by atoms with Gasteiger partial charge in [-0.3, -0.25) is 14.8 Å². The first kappa shape index (κ1) is 15.7. The molecule has 3 heterocycles. The van der Waals surface area contributed by atoms with Crippen molar-refractivity contribution in [1.29, 1.82) is 0 Å². The molecule has 0 unspecified atom stereocenters.